The number of hydrogen-bond donors (Lipinski definition) is 2. The third-order valence-electron chi connectivity index (χ3n) is 3.74. The molecule has 0 amide bonds. The van der Waals surface area contributed by atoms with Gasteiger partial charge in [-0.05, 0) is 39.2 Å². The number of fused-ring (bicyclic) bond motifs is 1. The molecule has 0 bridgehead atoms. The van der Waals surface area contributed by atoms with Crippen molar-refractivity contribution < 1.29 is 5.11 Å². The van der Waals surface area contributed by atoms with E-state index in [-0.39, 0.29) is 12.1 Å². The number of tetrazole rings is 1. The van der Waals surface area contributed by atoms with E-state index in [9.17, 15) is 5.11 Å². The highest BCUT2D eigenvalue weighted by molar-refractivity contribution is 5.33. The fourth-order valence-corrected chi connectivity index (χ4v) is 2.90. The van der Waals surface area contributed by atoms with E-state index in [2.05, 4.69) is 45.1 Å². The Kier molecular flexibility index (Phi) is 2.66. The number of H-pyrrole nitrogens is 1. The Morgan fingerprint density at radius 2 is 2.39 bits per heavy atom. The van der Waals surface area contributed by atoms with Gasteiger partial charge in [-0.15, -0.1) is 10.2 Å². The number of rotatable bonds is 2. The summed E-state index contributed by atoms with van der Waals surface area (Å²) in [5, 5.41) is 24.2. The standard InChI is InChI=1S/C12H17N5O/c1-7-6-9-10(4-3-5-11(9)18)17(7)8(2)12-13-15-16-14-12/h6,8,11,18H,3-5H2,1-2H3,(H,13,14,15,16). The maximum absolute atomic E-state index is 10.0. The molecule has 2 aromatic heterocycles. The number of nitrogens with one attached hydrogen (secondary N) is 1. The van der Waals surface area contributed by atoms with Crippen molar-refractivity contribution in [2.75, 3.05) is 0 Å². The van der Waals surface area contributed by atoms with Crippen LogP contribution >= 0.6 is 0 Å². The van der Waals surface area contributed by atoms with Crippen LogP contribution in [0.1, 0.15) is 54.7 Å². The Labute approximate surface area is 105 Å². The minimum absolute atomic E-state index is 0.0396. The van der Waals surface area contributed by atoms with E-state index in [1.165, 1.54) is 5.69 Å². The molecule has 2 N–H and O–H groups in total. The molecule has 96 valence electrons. The van der Waals surface area contributed by atoms with Gasteiger partial charge in [-0.2, -0.15) is 5.21 Å². The molecule has 6 heteroatoms. The lowest BCUT2D eigenvalue weighted by Crippen LogP contribution is -2.17. The van der Waals surface area contributed by atoms with Gasteiger partial charge in [-0.1, -0.05) is 5.21 Å². The van der Waals surface area contributed by atoms with E-state index in [4.69, 9.17) is 0 Å². The van der Waals surface area contributed by atoms with Gasteiger partial charge in [0.25, 0.3) is 0 Å². The summed E-state index contributed by atoms with van der Waals surface area (Å²) in [4.78, 5) is 0. The van der Waals surface area contributed by atoms with Crippen molar-refractivity contribution in [2.45, 2.75) is 45.3 Å². The van der Waals surface area contributed by atoms with Crippen molar-refractivity contribution in [3.63, 3.8) is 0 Å². The lowest BCUT2D eigenvalue weighted by molar-refractivity contribution is 0.155. The summed E-state index contributed by atoms with van der Waals surface area (Å²) < 4.78 is 2.21. The second-order valence-electron chi connectivity index (χ2n) is 4.91. The van der Waals surface area contributed by atoms with E-state index in [0.717, 1.165) is 30.5 Å². The first-order valence-corrected chi connectivity index (χ1v) is 6.30. The first kappa shape index (κ1) is 11.4. The molecule has 0 spiro atoms. The lowest BCUT2D eigenvalue weighted by Gasteiger charge is -2.22. The molecule has 0 fully saturated rings. The second kappa shape index (κ2) is 4.20. The molecule has 1 aliphatic rings. The van der Waals surface area contributed by atoms with Gasteiger partial charge in [0.15, 0.2) is 5.82 Å². The Morgan fingerprint density at radius 1 is 1.56 bits per heavy atom. The molecule has 0 aliphatic heterocycles. The van der Waals surface area contributed by atoms with Crippen molar-refractivity contribution in [1.82, 2.24) is 25.2 Å². The van der Waals surface area contributed by atoms with Crippen LogP contribution in [0.3, 0.4) is 0 Å². The minimum atomic E-state index is -0.328. The van der Waals surface area contributed by atoms with Crippen molar-refractivity contribution in [2.24, 2.45) is 0 Å². The highest BCUT2D eigenvalue weighted by atomic mass is 16.3. The predicted molar refractivity (Wildman–Crippen MR) is 65.1 cm³/mol. The molecule has 0 saturated heterocycles. The molecule has 0 aromatic carbocycles. The molecule has 2 atom stereocenters. The van der Waals surface area contributed by atoms with Gasteiger partial charge in [0, 0.05) is 17.0 Å². The van der Waals surface area contributed by atoms with Gasteiger partial charge in [0.2, 0.25) is 0 Å². The van der Waals surface area contributed by atoms with Crippen LogP contribution in [0.25, 0.3) is 0 Å². The third kappa shape index (κ3) is 1.64. The average Bonchev–Trinajstić information content (AvgIpc) is 2.96. The zero-order valence-electron chi connectivity index (χ0n) is 10.6. The summed E-state index contributed by atoms with van der Waals surface area (Å²) in [6.07, 6.45) is 2.55. The first-order valence-electron chi connectivity index (χ1n) is 6.30. The van der Waals surface area contributed by atoms with Gasteiger partial charge < -0.3 is 9.67 Å². The Morgan fingerprint density at radius 3 is 3.11 bits per heavy atom. The topological polar surface area (TPSA) is 79.6 Å². The Hall–Kier alpha value is -1.69. The number of nitrogens with zero attached hydrogens (tertiary/aromatic N) is 4. The Balaban J connectivity index is 2.07. The van der Waals surface area contributed by atoms with E-state index in [1.54, 1.807) is 0 Å². The lowest BCUT2D eigenvalue weighted by atomic mass is 9.95. The van der Waals surface area contributed by atoms with Gasteiger partial charge in [-0.25, -0.2) is 0 Å². The van der Waals surface area contributed by atoms with Crippen molar-refractivity contribution in [1.29, 1.82) is 0 Å². The summed E-state index contributed by atoms with van der Waals surface area (Å²) in [5.41, 5.74) is 3.41. The molecular weight excluding hydrogens is 230 g/mol. The average molecular weight is 247 g/mol. The van der Waals surface area contributed by atoms with Gasteiger partial charge in [0.1, 0.15) is 0 Å². The summed E-state index contributed by atoms with van der Waals surface area (Å²) in [5.74, 6) is 0.677. The van der Waals surface area contributed by atoms with Crippen molar-refractivity contribution in [3.05, 3.63) is 28.8 Å². The SMILES string of the molecule is Cc1cc2c(n1C(C)c1nn[nH]n1)CCCC2O. The quantitative estimate of drug-likeness (QED) is 0.838. The van der Waals surface area contributed by atoms with Crippen LogP contribution in [0, 0.1) is 6.92 Å². The molecule has 1 aliphatic carbocycles. The maximum Gasteiger partial charge on any atom is 0.196 e. The number of aryl methyl sites for hydroxylation is 1. The normalized spacial score (nSPS) is 20.7. The molecule has 2 aromatic rings. The van der Waals surface area contributed by atoms with Crippen molar-refractivity contribution in [3.8, 4) is 0 Å². The van der Waals surface area contributed by atoms with Gasteiger partial charge >= 0.3 is 0 Å². The fraction of sp³-hybridized carbons (Fsp3) is 0.583. The molecule has 2 heterocycles. The number of aromatic amines is 1. The zero-order valence-corrected chi connectivity index (χ0v) is 10.6. The number of hydrogen-bond acceptors (Lipinski definition) is 4. The van der Waals surface area contributed by atoms with Crippen LogP contribution < -0.4 is 0 Å². The molecule has 3 rings (SSSR count). The molecule has 0 saturated carbocycles. The van der Waals surface area contributed by atoms with Crippen LogP contribution in [0.15, 0.2) is 6.07 Å². The van der Waals surface area contributed by atoms with Crippen LogP contribution in [0.2, 0.25) is 0 Å². The van der Waals surface area contributed by atoms with E-state index in [1.807, 2.05) is 0 Å². The fourth-order valence-electron chi connectivity index (χ4n) is 2.90. The molecule has 0 radical (unpaired) electrons. The van der Waals surface area contributed by atoms with Crippen molar-refractivity contribution >= 4 is 0 Å². The highest BCUT2D eigenvalue weighted by Crippen LogP contribution is 2.34. The summed E-state index contributed by atoms with van der Waals surface area (Å²) in [6, 6.07) is 2.12. The van der Waals surface area contributed by atoms with E-state index >= 15 is 0 Å². The number of aliphatic hydroxyl groups is 1. The van der Waals surface area contributed by atoms with Crippen LogP contribution in [-0.4, -0.2) is 30.3 Å². The van der Waals surface area contributed by atoms with Crippen LogP contribution in [0.5, 0.6) is 0 Å². The minimum Gasteiger partial charge on any atom is -0.388 e. The first-order chi connectivity index (χ1) is 8.68. The number of aliphatic hydroxyl groups excluding tert-OH is 1. The van der Waals surface area contributed by atoms with E-state index < -0.39 is 0 Å². The van der Waals surface area contributed by atoms with Crippen LogP contribution in [0.4, 0.5) is 0 Å². The second-order valence-corrected chi connectivity index (χ2v) is 4.91. The van der Waals surface area contributed by atoms with Crippen LogP contribution in [-0.2, 0) is 6.42 Å². The smallest absolute Gasteiger partial charge is 0.196 e. The van der Waals surface area contributed by atoms with Gasteiger partial charge in [0.05, 0.1) is 12.1 Å². The molecule has 18 heavy (non-hydrogen) atoms. The zero-order chi connectivity index (χ0) is 12.7. The molecule has 2 unspecified atom stereocenters. The maximum atomic E-state index is 10.0. The highest BCUT2D eigenvalue weighted by Gasteiger charge is 2.26. The summed E-state index contributed by atoms with van der Waals surface area (Å²) in [6.45, 7) is 4.11. The summed E-state index contributed by atoms with van der Waals surface area (Å²) in [7, 11) is 0. The molecule has 6 nitrogen and oxygen atoms in total. The molecular formula is C12H17N5O. The summed E-state index contributed by atoms with van der Waals surface area (Å²) >= 11 is 0. The van der Waals surface area contributed by atoms with Gasteiger partial charge in [-0.3, -0.25) is 0 Å². The number of aromatic nitrogens is 5. The Bertz CT molecular complexity index is 545. The third-order valence-corrected chi connectivity index (χ3v) is 3.74. The largest absolute Gasteiger partial charge is 0.388 e. The monoisotopic (exact) mass is 247 g/mol. The predicted octanol–water partition coefficient (Wildman–Crippen LogP) is 1.29. The van der Waals surface area contributed by atoms with E-state index in [0.29, 0.717) is 5.82 Å².